The zero-order valence-electron chi connectivity index (χ0n) is 25.3. The minimum absolute atomic E-state index is 0.0190. The number of carbonyl (C=O) groups excluding carboxylic acids is 1. The minimum Gasteiger partial charge on any atom is -0.496 e. The Morgan fingerprint density at radius 3 is 2.46 bits per heavy atom. The normalized spacial score (nSPS) is 23.0. The van der Waals surface area contributed by atoms with Crippen LogP contribution in [0.15, 0.2) is 54.9 Å². The number of anilines is 1. The maximum atomic E-state index is 14.1. The lowest BCUT2D eigenvalue weighted by Gasteiger charge is -2.36. The van der Waals surface area contributed by atoms with E-state index in [-0.39, 0.29) is 17.9 Å². The van der Waals surface area contributed by atoms with E-state index >= 15 is 0 Å². The Morgan fingerprint density at radius 1 is 1.02 bits per heavy atom. The van der Waals surface area contributed by atoms with Crippen LogP contribution in [-0.4, -0.2) is 40.6 Å². The van der Waals surface area contributed by atoms with Gasteiger partial charge in [-0.3, -0.25) is 9.48 Å². The highest BCUT2D eigenvalue weighted by atomic mass is 16.5. The van der Waals surface area contributed by atoms with Crippen molar-refractivity contribution in [2.24, 2.45) is 17.8 Å². The van der Waals surface area contributed by atoms with Crippen molar-refractivity contribution in [1.82, 2.24) is 9.78 Å². The third kappa shape index (κ3) is 7.21. The van der Waals surface area contributed by atoms with E-state index in [2.05, 4.69) is 79.4 Å². The molecule has 0 unspecified atom stereocenters. The molecule has 3 aromatic rings. The molecule has 6 nitrogen and oxygen atoms in total. The van der Waals surface area contributed by atoms with Gasteiger partial charge in [0.1, 0.15) is 5.75 Å². The first-order valence-electron chi connectivity index (χ1n) is 15.6. The quantitative estimate of drug-likeness (QED) is 0.298. The number of aryl methyl sites for hydroxylation is 1. The number of methoxy groups -OCH3 is 1. The Hall–Kier alpha value is -3.12. The Bertz CT molecular complexity index is 1300. The van der Waals surface area contributed by atoms with Gasteiger partial charge in [-0.1, -0.05) is 38.1 Å². The van der Waals surface area contributed by atoms with Gasteiger partial charge in [0.2, 0.25) is 5.91 Å². The maximum Gasteiger partial charge on any atom is 0.230 e. The van der Waals surface area contributed by atoms with Gasteiger partial charge in [0.15, 0.2) is 0 Å². The number of hydrogen-bond acceptors (Lipinski definition) is 4. The predicted molar refractivity (Wildman–Crippen MR) is 165 cm³/mol. The third-order valence-electron chi connectivity index (χ3n) is 9.17. The molecule has 0 spiro atoms. The van der Waals surface area contributed by atoms with E-state index in [1.807, 2.05) is 10.9 Å². The van der Waals surface area contributed by atoms with E-state index in [4.69, 9.17) is 4.74 Å². The van der Waals surface area contributed by atoms with Crippen molar-refractivity contribution in [2.75, 3.05) is 18.6 Å². The molecule has 0 saturated heterocycles. The fraction of sp³-hybridized carbons (Fsp3) is 0.543. The van der Waals surface area contributed by atoms with Crippen molar-refractivity contribution in [3.63, 3.8) is 0 Å². The van der Waals surface area contributed by atoms with Gasteiger partial charge in [-0.2, -0.15) is 5.10 Å². The monoisotopic (exact) mass is 557 g/mol. The molecular weight excluding hydrogens is 510 g/mol. The number of amides is 1. The van der Waals surface area contributed by atoms with Gasteiger partial charge in [-0.25, -0.2) is 0 Å². The summed E-state index contributed by atoms with van der Waals surface area (Å²) in [6, 6.07) is 15.0. The summed E-state index contributed by atoms with van der Waals surface area (Å²) in [6.45, 7) is 8.15. The zero-order chi connectivity index (χ0) is 28.9. The molecule has 6 heteroatoms. The first kappa shape index (κ1) is 29.4. The number of nitrogens with zero attached hydrogens (tertiary/aromatic N) is 3. The molecule has 2 saturated carbocycles. The lowest BCUT2D eigenvalue weighted by atomic mass is 9.78. The highest BCUT2D eigenvalue weighted by Crippen LogP contribution is 2.39. The van der Waals surface area contributed by atoms with Gasteiger partial charge in [0.05, 0.1) is 19.4 Å². The van der Waals surface area contributed by atoms with Crippen LogP contribution in [0.3, 0.4) is 0 Å². The number of aliphatic hydroxyl groups is 1. The molecule has 0 atom stereocenters. The third-order valence-corrected chi connectivity index (χ3v) is 9.17. The molecule has 220 valence electrons. The number of benzene rings is 2. The topological polar surface area (TPSA) is 67.6 Å². The van der Waals surface area contributed by atoms with Crippen molar-refractivity contribution in [3.8, 4) is 16.9 Å². The molecule has 0 aliphatic heterocycles. The van der Waals surface area contributed by atoms with Gasteiger partial charge >= 0.3 is 0 Å². The van der Waals surface area contributed by atoms with E-state index in [0.29, 0.717) is 30.6 Å². The molecule has 5 rings (SSSR count). The lowest BCUT2D eigenvalue weighted by molar-refractivity contribution is -0.124. The van der Waals surface area contributed by atoms with E-state index in [0.717, 1.165) is 74.2 Å². The summed E-state index contributed by atoms with van der Waals surface area (Å²) in [5, 5.41) is 14.6. The van der Waals surface area contributed by atoms with Gasteiger partial charge in [-0.15, -0.1) is 0 Å². The second-order valence-corrected chi connectivity index (χ2v) is 12.8. The van der Waals surface area contributed by atoms with Crippen molar-refractivity contribution in [3.05, 3.63) is 66.0 Å². The number of ether oxygens (including phenoxy) is 1. The minimum atomic E-state index is -0.268. The Labute approximate surface area is 245 Å². The molecule has 41 heavy (non-hydrogen) atoms. The maximum absolute atomic E-state index is 14.1. The number of hydrogen-bond donors (Lipinski definition) is 1. The highest BCUT2D eigenvalue weighted by molar-refractivity contribution is 5.95. The average Bonchev–Trinajstić information content (AvgIpc) is 3.44. The van der Waals surface area contributed by atoms with Crippen LogP contribution in [0.25, 0.3) is 11.1 Å². The Kier molecular flexibility index (Phi) is 9.49. The number of aliphatic hydroxyl groups excluding tert-OH is 1. The molecule has 2 aliphatic carbocycles. The van der Waals surface area contributed by atoms with Gasteiger partial charge < -0.3 is 14.7 Å². The summed E-state index contributed by atoms with van der Waals surface area (Å²) in [5.74, 6) is 2.71. The fourth-order valence-corrected chi connectivity index (χ4v) is 6.80. The van der Waals surface area contributed by atoms with Gasteiger partial charge in [0.25, 0.3) is 0 Å². The molecule has 0 radical (unpaired) electrons. The number of aromatic nitrogens is 2. The van der Waals surface area contributed by atoms with Crippen LogP contribution in [0, 0.1) is 24.7 Å². The standard InChI is InChI=1S/C35H47N3O3/c1-24(2)21-37-23-31(20-36-37)29-6-5-7-32(19-29)38(35(40)28-12-15-33(39)16-13-28)22-26-8-10-27(11-9-26)30-14-17-34(41-4)25(3)18-30/h5-7,14,17-20,23-24,26-28,33,39H,8-13,15-16,21-22H2,1-4H3/t26-,27-,28-,33-. The molecular formula is C35H47N3O3. The van der Waals surface area contributed by atoms with Crippen LogP contribution >= 0.6 is 0 Å². The van der Waals surface area contributed by atoms with E-state index in [9.17, 15) is 9.90 Å². The zero-order valence-corrected chi connectivity index (χ0v) is 25.3. The summed E-state index contributed by atoms with van der Waals surface area (Å²) >= 11 is 0. The molecule has 1 aromatic heterocycles. The molecule has 1 N–H and O–H groups in total. The van der Waals surface area contributed by atoms with Crippen LogP contribution in [0.5, 0.6) is 5.75 Å². The Balaban J connectivity index is 1.33. The van der Waals surface area contributed by atoms with Crippen LogP contribution in [-0.2, 0) is 11.3 Å². The summed E-state index contributed by atoms with van der Waals surface area (Å²) < 4.78 is 7.47. The van der Waals surface area contributed by atoms with Crippen LogP contribution in [0.1, 0.15) is 82.3 Å². The summed E-state index contributed by atoms with van der Waals surface area (Å²) in [7, 11) is 1.73. The largest absolute Gasteiger partial charge is 0.496 e. The molecule has 2 aliphatic rings. The smallest absolute Gasteiger partial charge is 0.230 e. The first-order chi connectivity index (χ1) is 19.8. The van der Waals surface area contributed by atoms with Crippen molar-refractivity contribution in [2.45, 2.75) is 90.7 Å². The fourth-order valence-electron chi connectivity index (χ4n) is 6.80. The second kappa shape index (κ2) is 13.2. The van der Waals surface area contributed by atoms with Crippen LogP contribution in [0.4, 0.5) is 5.69 Å². The first-order valence-corrected chi connectivity index (χ1v) is 15.6. The second-order valence-electron chi connectivity index (χ2n) is 12.8. The van der Waals surface area contributed by atoms with Crippen molar-refractivity contribution < 1.29 is 14.6 Å². The highest BCUT2D eigenvalue weighted by Gasteiger charge is 2.32. The average molecular weight is 558 g/mol. The summed E-state index contributed by atoms with van der Waals surface area (Å²) in [5.41, 5.74) is 5.74. The summed E-state index contributed by atoms with van der Waals surface area (Å²) in [4.78, 5) is 16.1. The van der Waals surface area contributed by atoms with Crippen molar-refractivity contribution >= 4 is 11.6 Å². The van der Waals surface area contributed by atoms with Gasteiger partial charge in [0, 0.05) is 36.5 Å². The Morgan fingerprint density at radius 2 is 1.78 bits per heavy atom. The van der Waals surface area contributed by atoms with Gasteiger partial charge in [-0.05, 0) is 111 Å². The predicted octanol–water partition coefficient (Wildman–Crippen LogP) is 7.38. The number of rotatable bonds is 9. The van der Waals surface area contributed by atoms with Crippen LogP contribution < -0.4 is 9.64 Å². The lowest BCUT2D eigenvalue weighted by Crippen LogP contribution is -2.41. The molecule has 2 fully saturated rings. The molecule has 0 bridgehead atoms. The van der Waals surface area contributed by atoms with E-state index in [1.165, 1.54) is 11.1 Å². The van der Waals surface area contributed by atoms with E-state index in [1.54, 1.807) is 7.11 Å². The van der Waals surface area contributed by atoms with Crippen LogP contribution in [0.2, 0.25) is 0 Å². The summed E-state index contributed by atoms with van der Waals surface area (Å²) in [6.07, 6.45) is 11.2. The van der Waals surface area contributed by atoms with Crippen molar-refractivity contribution in [1.29, 1.82) is 0 Å². The molecule has 1 heterocycles. The van der Waals surface area contributed by atoms with E-state index < -0.39 is 0 Å². The molecule has 2 aromatic carbocycles. The molecule has 1 amide bonds. The number of carbonyl (C=O) groups is 1. The SMILES string of the molecule is COc1ccc([C@H]2CC[C@H](CN(c3cccc(-c4cnn(CC(C)C)c4)c3)C(=O)[C@H]3CC[C@H](O)CC3)CC2)cc1C.